The van der Waals surface area contributed by atoms with Crippen LogP contribution in [0, 0.1) is 0 Å². The molecule has 0 radical (unpaired) electrons. The predicted octanol–water partition coefficient (Wildman–Crippen LogP) is 0.952. The van der Waals surface area contributed by atoms with Crippen LogP contribution in [0.3, 0.4) is 0 Å². The second-order valence-corrected chi connectivity index (χ2v) is 3.77. The van der Waals surface area contributed by atoms with Crippen LogP contribution in [0.4, 0.5) is 5.82 Å². The van der Waals surface area contributed by atoms with E-state index in [1.165, 1.54) is 0 Å². The first-order valence-corrected chi connectivity index (χ1v) is 5.04. The molecule has 1 rings (SSSR count). The van der Waals surface area contributed by atoms with Gasteiger partial charge in [0.25, 0.3) is 0 Å². The molecule has 0 aromatic carbocycles. The van der Waals surface area contributed by atoms with Crippen LogP contribution in [-0.2, 0) is 0 Å². The molecule has 15 heavy (non-hydrogen) atoms. The highest BCUT2D eigenvalue weighted by Gasteiger charge is 2.11. The van der Waals surface area contributed by atoms with Crippen LogP contribution in [0.25, 0.3) is 0 Å². The van der Waals surface area contributed by atoms with E-state index in [1.54, 1.807) is 19.2 Å². The van der Waals surface area contributed by atoms with Gasteiger partial charge in [-0.1, -0.05) is 0 Å². The fraction of sp³-hybridized carbons (Fsp3) is 0.545. The Morgan fingerprint density at radius 3 is 2.67 bits per heavy atom. The molecule has 4 heteroatoms. The highest BCUT2D eigenvalue weighted by Crippen LogP contribution is 2.18. The smallest absolute Gasteiger partial charge is 0.128 e. The van der Waals surface area contributed by atoms with Gasteiger partial charge in [-0.25, -0.2) is 4.98 Å². The van der Waals surface area contributed by atoms with E-state index in [1.807, 2.05) is 24.9 Å². The van der Waals surface area contributed by atoms with Crippen molar-refractivity contribution in [2.45, 2.75) is 26.0 Å². The Hall–Kier alpha value is -1.13. The van der Waals surface area contributed by atoms with Gasteiger partial charge in [0.2, 0.25) is 0 Å². The van der Waals surface area contributed by atoms with Crippen molar-refractivity contribution >= 4 is 5.82 Å². The number of rotatable bonds is 4. The number of aliphatic hydroxyl groups excluding tert-OH is 2. The van der Waals surface area contributed by atoms with Gasteiger partial charge < -0.3 is 15.1 Å². The van der Waals surface area contributed by atoms with E-state index in [2.05, 4.69) is 4.98 Å². The molecule has 0 aliphatic rings. The Morgan fingerprint density at radius 2 is 2.13 bits per heavy atom. The third-order valence-electron chi connectivity index (χ3n) is 2.54. The third-order valence-corrected chi connectivity index (χ3v) is 2.54. The summed E-state index contributed by atoms with van der Waals surface area (Å²) in [6, 6.07) is 3.63. The minimum atomic E-state index is -0.496. The molecule has 1 aromatic heterocycles. The van der Waals surface area contributed by atoms with Gasteiger partial charge in [0.15, 0.2) is 0 Å². The number of hydrogen-bond acceptors (Lipinski definition) is 4. The van der Waals surface area contributed by atoms with Crippen LogP contribution >= 0.6 is 0 Å². The topological polar surface area (TPSA) is 56.6 Å². The summed E-state index contributed by atoms with van der Waals surface area (Å²) in [7, 11) is 1.87. The van der Waals surface area contributed by atoms with Gasteiger partial charge in [0.05, 0.1) is 18.8 Å². The summed E-state index contributed by atoms with van der Waals surface area (Å²) in [4.78, 5) is 6.08. The molecule has 1 unspecified atom stereocenters. The van der Waals surface area contributed by atoms with Crippen molar-refractivity contribution in [2.75, 3.05) is 18.6 Å². The van der Waals surface area contributed by atoms with Crippen LogP contribution < -0.4 is 4.90 Å². The van der Waals surface area contributed by atoms with E-state index in [0.717, 1.165) is 11.4 Å². The van der Waals surface area contributed by atoms with Crippen molar-refractivity contribution in [3.8, 4) is 0 Å². The van der Waals surface area contributed by atoms with Crippen molar-refractivity contribution in [1.82, 2.24) is 4.98 Å². The average Bonchev–Trinajstić information content (AvgIpc) is 2.27. The highest BCUT2D eigenvalue weighted by molar-refractivity contribution is 5.41. The van der Waals surface area contributed by atoms with Crippen LogP contribution in [0.1, 0.15) is 25.5 Å². The SMILES string of the molecule is CC(CO)N(C)c1cc([C@H](C)O)ccn1. The number of aliphatic hydroxyl groups is 2. The quantitative estimate of drug-likeness (QED) is 0.777. The first-order valence-electron chi connectivity index (χ1n) is 5.04. The summed E-state index contributed by atoms with van der Waals surface area (Å²) >= 11 is 0. The van der Waals surface area contributed by atoms with E-state index in [-0.39, 0.29) is 12.6 Å². The number of likely N-dealkylation sites (N-methyl/N-ethyl adjacent to an activating group) is 1. The lowest BCUT2D eigenvalue weighted by Crippen LogP contribution is -2.32. The summed E-state index contributed by atoms with van der Waals surface area (Å²) in [5.74, 6) is 0.759. The van der Waals surface area contributed by atoms with E-state index >= 15 is 0 Å². The van der Waals surface area contributed by atoms with Gasteiger partial charge in [-0.2, -0.15) is 0 Å². The third kappa shape index (κ3) is 2.91. The number of pyridine rings is 1. The second kappa shape index (κ2) is 5.09. The van der Waals surface area contributed by atoms with Crippen molar-refractivity contribution in [1.29, 1.82) is 0 Å². The van der Waals surface area contributed by atoms with E-state index < -0.39 is 6.10 Å². The van der Waals surface area contributed by atoms with Crippen LogP contribution in [-0.4, -0.2) is 34.9 Å². The zero-order chi connectivity index (χ0) is 11.4. The molecule has 2 N–H and O–H groups in total. The first kappa shape index (κ1) is 11.9. The number of nitrogens with zero attached hydrogens (tertiary/aromatic N) is 2. The highest BCUT2D eigenvalue weighted by atomic mass is 16.3. The number of anilines is 1. The average molecular weight is 210 g/mol. The molecule has 0 fully saturated rings. The summed E-state index contributed by atoms with van der Waals surface area (Å²) in [6.45, 7) is 3.71. The molecule has 0 saturated heterocycles. The summed E-state index contributed by atoms with van der Waals surface area (Å²) in [5, 5.41) is 18.5. The summed E-state index contributed by atoms with van der Waals surface area (Å²) in [6.07, 6.45) is 1.17. The second-order valence-electron chi connectivity index (χ2n) is 3.77. The maximum absolute atomic E-state index is 9.43. The van der Waals surface area contributed by atoms with Crippen molar-refractivity contribution < 1.29 is 10.2 Å². The Kier molecular flexibility index (Phi) is 4.05. The molecule has 0 spiro atoms. The standard InChI is InChI=1S/C11H18N2O2/c1-8(7-14)13(3)11-6-10(9(2)15)4-5-12-11/h4-6,8-9,14-15H,7H2,1-3H3/t8?,9-/m0/s1. The molecule has 0 amide bonds. The minimum absolute atomic E-state index is 0.0155. The van der Waals surface area contributed by atoms with Crippen LogP contribution in [0.2, 0.25) is 0 Å². The van der Waals surface area contributed by atoms with Crippen molar-refractivity contribution in [3.63, 3.8) is 0 Å². The zero-order valence-corrected chi connectivity index (χ0v) is 9.38. The number of aromatic nitrogens is 1. The fourth-order valence-corrected chi connectivity index (χ4v) is 1.24. The van der Waals surface area contributed by atoms with E-state index in [4.69, 9.17) is 5.11 Å². The van der Waals surface area contributed by atoms with Gasteiger partial charge in [-0.05, 0) is 31.5 Å². The molecule has 84 valence electrons. The maximum atomic E-state index is 9.43. The molecule has 0 saturated carbocycles. The Morgan fingerprint density at radius 1 is 1.47 bits per heavy atom. The lowest BCUT2D eigenvalue weighted by atomic mass is 10.1. The molecule has 0 bridgehead atoms. The van der Waals surface area contributed by atoms with Gasteiger partial charge in [-0.15, -0.1) is 0 Å². The molecule has 1 aromatic rings. The molecule has 4 nitrogen and oxygen atoms in total. The molecule has 2 atom stereocenters. The number of hydrogen-bond donors (Lipinski definition) is 2. The molecular weight excluding hydrogens is 192 g/mol. The molecular formula is C11H18N2O2. The van der Waals surface area contributed by atoms with Gasteiger partial charge in [0.1, 0.15) is 5.82 Å². The predicted molar refractivity (Wildman–Crippen MR) is 59.8 cm³/mol. The van der Waals surface area contributed by atoms with E-state index in [9.17, 15) is 5.11 Å². The Balaban J connectivity index is 2.90. The van der Waals surface area contributed by atoms with Gasteiger partial charge >= 0.3 is 0 Å². The van der Waals surface area contributed by atoms with Crippen molar-refractivity contribution in [2.24, 2.45) is 0 Å². The summed E-state index contributed by atoms with van der Waals surface area (Å²) < 4.78 is 0. The lowest BCUT2D eigenvalue weighted by Gasteiger charge is -2.24. The van der Waals surface area contributed by atoms with Gasteiger partial charge in [-0.3, -0.25) is 0 Å². The summed E-state index contributed by atoms with van der Waals surface area (Å²) in [5.41, 5.74) is 0.831. The minimum Gasteiger partial charge on any atom is -0.394 e. The largest absolute Gasteiger partial charge is 0.394 e. The molecule has 1 heterocycles. The molecule has 0 aliphatic heterocycles. The normalized spacial score (nSPS) is 14.7. The fourth-order valence-electron chi connectivity index (χ4n) is 1.24. The molecule has 0 aliphatic carbocycles. The van der Waals surface area contributed by atoms with Crippen LogP contribution in [0.15, 0.2) is 18.3 Å². The zero-order valence-electron chi connectivity index (χ0n) is 9.38. The van der Waals surface area contributed by atoms with Crippen molar-refractivity contribution in [3.05, 3.63) is 23.9 Å². The lowest BCUT2D eigenvalue weighted by molar-refractivity contribution is 0.199. The van der Waals surface area contributed by atoms with E-state index in [0.29, 0.717) is 0 Å². The monoisotopic (exact) mass is 210 g/mol. The van der Waals surface area contributed by atoms with Crippen LogP contribution in [0.5, 0.6) is 0 Å². The maximum Gasteiger partial charge on any atom is 0.128 e. The first-order chi connectivity index (χ1) is 7.06. The Labute approximate surface area is 90.2 Å². The van der Waals surface area contributed by atoms with Gasteiger partial charge in [0, 0.05) is 13.2 Å². The Bertz CT molecular complexity index is 315.